The highest BCUT2D eigenvalue weighted by Crippen LogP contribution is 2.27. The molecule has 0 radical (unpaired) electrons. The van der Waals surface area contributed by atoms with E-state index in [9.17, 15) is 4.79 Å². The van der Waals surface area contributed by atoms with Gasteiger partial charge in [-0.2, -0.15) is 0 Å². The summed E-state index contributed by atoms with van der Waals surface area (Å²) in [6.45, 7) is 2.46. The second-order valence-electron chi connectivity index (χ2n) is 6.19. The van der Waals surface area contributed by atoms with Crippen LogP contribution in [-0.2, 0) is 4.79 Å². The molecule has 1 aliphatic heterocycles. The predicted octanol–water partition coefficient (Wildman–Crippen LogP) is 4.65. The lowest BCUT2D eigenvalue weighted by atomic mass is 10.1. The molecule has 0 aromatic heterocycles. The Morgan fingerprint density at radius 1 is 1.04 bits per heavy atom. The highest BCUT2D eigenvalue weighted by molar-refractivity contribution is 8.15. The summed E-state index contributed by atoms with van der Waals surface area (Å²) in [6, 6.07) is 22.5. The molecule has 0 spiro atoms. The lowest BCUT2D eigenvalue weighted by Gasteiger charge is -2.16. The van der Waals surface area contributed by atoms with Crippen molar-refractivity contribution in [2.24, 2.45) is 4.99 Å². The SMILES string of the molecule is Cc1ccc(N2C(=O)CS/C2=N/CNc2ccc3ccccc3c2)cc1. The number of benzene rings is 3. The molecule has 1 N–H and O–H groups in total. The van der Waals surface area contributed by atoms with Crippen molar-refractivity contribution >= 4 is 45.0 Å². The number of rotatable bonds is 4. The van der Waals surface area contributed by atoms with E-state index in [1.165, 1.54) is 28.1 Å². The van der Waals surface area contributed by atoms with Crippen molar-refractivity contribution in [2.75, 3.05) is 22.6 Å². The van der Waals surface area contributed by atoms with Crippen LogP contribution in [0.2, 0.25) is 0 Å². The zero-order valence-corrected chi connectivity index (χ0v) is 15.3. The number of hydrogen-bond donors (Lipinski definition) is 1. The van der Waals surface area contributed by atoms with Gasteiger partial charge in [-0.1, -0.05) is 59.8 Å². The van der Waals surface area contributed by atoms with Gasteiger partial charge in [0.25, 0.3) is 0 Å². The topological polar surface area (TPSA) is 44.7 Å². The molecule has 0 saturated carbocycles. The van der Waals surface area contributed by atoms with Crippen LogP contribution in [0.4, 0.5) is 11.4 Å². The summed E-state index contributed by atoms with van der Waals surface area (Å²) in [5.41, 5.74) is 3.06. The molecule has 1 heterocycles. The highest BCUT2D eigenvalue weighted by atomic mass is 32.2. The van der Waals surface area contributed by atoms with Gasteiger partial charge >= 0.3 is 0 Å². The number of fused-ring (bicyclic) bond motifs is 1. The molecular formula is C21H19N3OS. The summed E-state index contributed by atoms with van der Waals surface area (Å²) >= 11 is 1.48. The van der Waals surface area contributed by atoms with Crippen LogP contribution in [-0.4, -0.2) is 23.5 Å². The van der Waals surface area contributed by atoms with E-state index in [-0.39, 0.29) is 5.91 Å². The predicted molar refractivity (Wildman–Crippen MR) is 111 cm³/mol. The van der Waals surface area contributed by atoms with E-state index in [1.807, 2.05) is 49.4 Å². The lowest BCUT2D eigenvalue weighted by molar-refractivity contribution is -0.115. The normalized spacial score (nSPS) is 15.8. The first-order valence-electron chi connectivity index (χ1n) is 8.50. The van der Waals surface area contributed by atoms with Gasteiger partial charge in [-0.3, -0.25) is 9.69 Å². The van der Waals surface area contributed by atoms with Gasteiger partial charge in [-0.25, -0.2) is 4.99 Å². The zero-order chi connectivity index (χ0) is 17.9. The smallest absolute Gasteiger partial charge is 0.243 e. The van der Waals surface area contributed by atoms with Gasteiger partial charge in [-0.05, 0) is 42.0 Å². The van der Waals surface area contributed by atoms with Gasteiger partial charge in [0.15, 0.2) is 5.17 Å². The van der Waals surface area contributed by atoms with E-state index >= 15 is 0 Å². The third-order valence-corrected chi connectivity index (χ3v) is 5.27. The van der Waals surface area contributed by atoms with Crippen LogP contribution in [0, 0.1) is 6.92 Å². The molecule has 4 nitrogen and oxygen atoms in total. The second-order valence-corrected chi connectivity index (χ2v) is 7.13. The summed E-state index contributed by atoms with van der Waals surface area (Å²) in [6.07, 6.45) is 0. The number of carbonyl (C=O) groups excluding carboxylic acids is 1. The third-order valence-electron chi connectivity index (χ3n) is 4.30. The molecule has 0 atom stereocenters. The van der Waals surface area contributed by atoms with E-state index in [0.29, 0.717) is 12.4 Å². The first kappa shape index (κ1) is 16.7. The molecule has 0 bridgehead atoms. The number of aryl methyl sites for hydroxylation is 1. The van der Waals surface area contributed by atoms with Gasteiger partial charge in [-0.15, -0.1) is 0 Å². The van der Waals surface area contributed by atoms with E-state index in [2.05, 4.69) is 34.6 Å². The van der Waals surface area contributed by atoms with E-state index in [4.69, 9.17) is 0 Å². The van der Waals surface area contributed by atoms with Crippen LogP contribution in [0.5, 0.6) is 0 Å². The van der Waals surface area contributed by atoms with Crippen molar-refractivity contribution in [1.29, 1.82) is 0 Å². The summed E-state index contributed by atoms with van der Waals surface area (Å²) in [4.78, 5) is 18.6. The fraction of sp³-hybridized carbons (Fsp3) is 0.143. The minimum Gasteiger partial charge on any atom is -0.366 e. The zero-order valence-electron chi connectivity index (χ0n) is 14.5. The molecule has 130 valence electrons. The number of amidine groups is 1. The Hall–Kier alpha value is -2.79. The second kappa shape index (κ2) is 7.22. The Balaban J connectivity index is 1.49. The third kappa shape index (κ3) is 3.44. The molecular weight excluding hydrogens is 342 g/mol. The number of anilines is 2. The number of carbonyl (C=O) groups is 1. The van der Waals surface area contributed by atoms with Gasteiger partial charge in [0.2, 0.25) is 5.91 Å². The van der Waals surface area contributed by atoms with Crippen LogP contribution < -0.4 is 10.2 Å². The molecule has 0 aliphatic carbocycles. The maximum absolute atomic E-state index is 12.3. The average Bonchev–Trinajstić information content (AvgIpc) is 3.03. The number of hydrogen-bond acceptors (Lipinski definition) is 4. The lowest BCUT2D eigenvalue weighted by Crippen LogP contribution is -2.29. The summed E-state index contributed by atoms with van der Waals surface area (Å²) in [5.74, 6) is 0.506. The van der Waals surface area contributed by atoms with Crippen LogP contribution in [0.1, 0.15) is 5.56 Å². The fourth-order valence-corrected chi connectivity index (χ4v) is 3.80. The van der Waals surface area contributed by atoms with Crippen molar-refractivity contribution in [1.82, 2.24) is 0 Å². The average molecular weight is 361 g/mol. The maximum atomic E-state index is 12.3. The standard InChI is InChI=1S/C21H19N3OS/c1-15-6-10-19(11-7-15)24-20(25)13-26-21(24)23-14-22-18-9-8-16-4-2-3-5-17(16)12-18/h2-12,22H,13-14H2,1H3/b23-21+. The molecule has 5 heteroatoms. The molecule has 0 unspecified atom stereocenters. The Morgan fingerprint density at radius 3 is 2.62 bits per heavy atom. The molecule has 3 aromatic carbocycles. The molecule has 3 aromatic rings. The van der Waals surface area contributed by atoms with Crippen molar-refractivity contribution in [3.8, 4) is 0 Å². The molecule has 1 fully saturated rings. The summed E-state index contributed by atoms with van der Waals surface area (Å²) in [5, 5.41) is 6.47. The molecule has 4 rings (SSSR count). The van der Waals surface area contributed by atoms with E-state index in [1.54, 1.807) is 4.90 Å². The van der Waals surface area contributed by atoms with Crippen LogP contribution in [0.25, 0.3) is 10.8 Å². The van der Waals surface area contributed by atoms with Crippen molar-refractivity contribution in [2.45, 2.75) is 6.92 Å². The Kier molecular flexibility index (Phi) is 4.63. The van der Waals surface area contributed by atoms with E-state index in [0.717, 1.165) is 16.5 Å². The summed E-state index contributed by atoms with van der Waals surface area (Å²) < 4.78 is 0. The van der Waals surface area contributed by atoms with Gasteiger partial charge in [0, 0.05) is 5.69 Å². The Labute approximate surface area is 156 Å². The Morgan fingerprint density at radius 2 is 1.81 bits per heavy atom. The van der Waals surface area contributed by atoms with Crippen molar-refractivity contribution < 1.29 is 4.79 Å². The van der Waals surface area contributed by atoms with E-state index < -0.39 is 0 Å². The Bertz CT molecular complexity index is 982. The number of thioether (sulfide) groups is 1. The van der Waals surface area contributed by atoms with Gasteiger partial charge in [0.1, 0.15) is 6.67 Å². The number of aliphatic imine (C=N–C) groups is 1. The minimum absolute atomic E-state index is 0.0725. The fourth-order valence-electron chi connectivity index (χ4n) is 2.92. The molecule has 1 aliphatic rings. The van der Waals surface area contributed by atoms with Gasteiger partial charge in [0.05, 0.1) is 11.4 Å². The first-order chi connectivity index (χ1) is 12.7. The van der Waals surface area contributed by atoms with Crippen LogP contribution in [0.3, 0.4) is 0 Å². The first-order valence-corrected chi connectivity index (χ1v) is 9.49. The number of nitrogens with one attached hydrogen (secondary N) is 1. The maximum Gasteiger partial charge on any atom is 0.243 e. The monoisotopic (exact) mass is 361 g/mol. The number of amides is 1. The molecule has 26 heavy (non-hydrogen) atoms. The number of nitrogens with zero attached hydrogens (tertiary/aromatic N) is 2. The largest absolute Gasteiger partial charge is 0.366 e. The van der Waals surface area contributed by atoms with Crippen molar-refractivity contribution in [3.63, 3.8) is 0 Å². The van der Waals surface area contributed by atoms with Gasteiger partial charge < -0.3 is 5.32 Å². The summed E-state index contributed by atoms with van der Waals surface area (Å²) in [7, 11) is 0. The van der Waals surface area contributed by atoms with Crippen LogP contribution in [0.15, 0.2) is 71.7 Å². The highest BCUT2D eigenvalue weighted by Gasteiger charge is 2.29. The van der Waals surface area contributed by atoms with Crippen LogP contribution >= 0.6 is 11.8 Å². The molecule has 1 amide bonds. The minimum atomic E-state index is 0.0725. The quantitative estimate of drug-likeness (QED) is 0.735. The van der Waals surface area contributed by atoms with Crippen molar-refractivity contribution in [3.05, 3.63) is 72.3 Å². The molecule has 1 saturated heterocycles.